The highest BCUT2D eigenvalue weighted by Gasteiger charge is 2.36. The molecule has 1 aliphatic carbocycles. The molecule has 0 unspecified atom stereocenters. The maximum absolute atomic E-state index is 12.4. The van der Waals surface area contributed by atoms with Crippen molar-refractivity contribution in [1.29, 1.82) is 0 Å². The molecule has 0 aromatic rings. The Balaban J connectivity index is 2.53. The summed E-state index contributed by atoms with van der Waals surface area (Å²) in [5.41, 5.74) is 0.0351. The van der Waals surface area contributed by atoms with E-state index in [0.29, 0.717) is 6.54 Å². The van der Waals surface area contributed by atoms with E-state index in [1.54, 1.807) is 7.05 Å². The second-order valence-electron chi connectivity index (χ2n) is 6.02. The summed E-state index contributed by atoms with van der Waals surface area (Å²) in [6.07, 6.45) is 2.58. The van der Waals surface area contributed by atoms with E-state index in [2.05, 4.69) is 12.2 Å². The topological polar surface area (TPSA) is 15.3 Å². The van der Waals surface area contributed by atoms with Crippen LogP contribution in [0.25, 0.3) is 0 Å². The molecule has 1 N–H and O–H groups in total. The molecule has 0 saturated heterocycles. The second kappa shape index (κ2) is 7.48. The van der Waals surface area contributed by atoms with Crippen molar-refractivity contribution in [3.63, 3.8) is 0 Å². The fraction of sp³-hybridized carbons (Fsp3) is 1.00. The minimum atomic E-state index is -4.10. The smallest absolute Gasteiger partial charge is 0.316 e. The molecule has 2 nitrogen and oxygen atoms in total. The van der Waals surface area contributed by atoms with E-state index >= 15 is 0 Å². The van der Waals surface area contributed by atoms with Gasteiger partial charge < -0.3 is 5.32 Å². The zero-order chi connectivity index (χ0) is 14.4. The summed E-state index contributed by atoms with van der Waals surface area (Å²) in [5.74, 6) is 0. The molecule has 0 aromatic heterocycles. The predicted octanol–water partition coefficient (Wildman–Crippen LogP) is 3.43. The van der Waals surface area contributed by atoms with Crippen molar-refractivity contribution in [2.75, 3.05) is 33.2 Å². The number of alkyl halides is 3. The highest BCUT2D eigenvalue weighted by Crippen LogP contribution is 2.36. The lowest BCUT2D eigenvalue weighted by Gasteiger charge is -2.40. The van der Waals surface area contributed by atoms with Crippen LogP contribution in [0.4, 0.5) is 13.2 Å². The largest absolute Gasteiger partial charge is 0.401 e. The SMILES string of the molecule is CCCNCC1(CN(C)CC(F)(F)F)CCCCC1. The molecule has 1 fully saturated rings. The Labute approximate surface area is 114 Å². The van der Waals surface area contributed by atoms with Gasteiger partial charge in [0.05, 0.1) is 6.54 Å². The summed E-state index contributed by atoms with van der Waals surface area (Å²) in [5, 5.41) is 3.41. The van der Waals surface area contributed by atoms with E-state index < -0.39 is 12.7 Å². The monoisotopic (exact) mass is 280 g/mol. The standard InChI is InChI=1S/C14H27F3N2/c1-3-9-18-10-13(7-5-4-6-8-13)11-19(2)12-14(15,16)17/h18H,3-12H2,1-2H3. The average molecular weight is 280 g/mol. The molecule has 19 heavy (non-hydrogen) atoms. The van der Waals surface area contributed by atoms with Crippen LogP contribution in [0.15, 0.2) is 0 Å². The summed E-state index contributed by atoms with van der Waals surface area (Å²) >= 11 is 0. The van der Waals surface area contributed by atoms with E-state index in [1.165, 1.54) is 11.3 Å². The van der Waals surface area contributed by atoms with Crippen LogP contribution in [0.5, 0.6) is 0 Å². The summed E-state index contributed by atoms with van der Waals surface area (Å²) in [6, 6.07) is 0. The lowest BCUT2D eigenvalue weighted by molar-refractivity contribution is -0.146. The quantitative estimate of drug-likeness (QED) is 0.719. The molecule has 1 saturated carbocycles. The van der Waals surface area contributed by atoms with Gasteiger partial charge in [-0.05, 0) is 38.3 Å². The van der Waals surface area contributed by atoms with E-state index in [-0.39, 0.29) is 5.41 Å². The summed E-state index contributed by atoms with van der Waals surface area (Å²) in [6.45, 7) is 3.65. The van der Waals surface area contributed by atoms with Crippen LogP contribution in [0.3, 0.4) is 0 Å². The van der Waals surface area contributed by atoms with E-state index in [9.17, 15) is 13.2 Å². The Morgan fingerprint density at radius 3 is 2.32 bits per heavy atom. The van der Waals surface area contributed by atoms with Crippen LogP contribution in [0, 0.1) is 5.41 Å². The number of rotatable bonds is 7. The van der Waals surface area contributed by atoms with Gasteiger partial charge >= 0.3 is 6.18 Å². The van der Waals surface area contributed by atoms with Crippen molar-refractivity contribution < 1.29 is 13.2 Å². The number of nitrogens with zero attached hydrogens (tertiary/aromatic N) is 1. The van der Waals surface area contributed by atoms with E-state index in [1.807, 2.05) is 0 Å². The number of hydrogen-bond donors (Lipinski definition) is 1. The van der Waals surface area contributed by atoms with Crippen molar-refractivity contribution in [1.82, 2.24) is 10.2 Å². The molecule has 0 aliphatic heterocycles. The molecule has 0 atom stereocenters. The van der Waals surface area contributed by atoms with Gasteiger partial charge in [0.25, 0.3) is 0 Å². The third kappa shape index (κ3) is 6.61. The van der Waals surface area contributed by atoms with Gasteiger partial charge in [-0.15, -0.1) is 0 Å². The van der Waals surface area contributed by atoms with Crippen LogP contribution < -0.4 is 5.32 Å². The van der Waals surface area contributed by atoms with Gasteiger partial charge in [0.15, 0.2) is 0 Å². The number of nitrogens with one attached hydrogen (secondary N) is 1. The first-order valence-corrected chi connectivity index (χ1v) is 7.33. The molecule has 0 spiro atoms. The van der Waals surface area contributed by atoms with Crippen LogP contribution in [-0.2, 0) is 0 Å². The predicted molar refractivity (Wildman–Crippen MR) is 72.2 cm³/mol. The van der Waals surface area contributed by atoms with Gasteiger partial charge in [-0.1, -0.05) is 26.2 Å². The van der Waals surface area contributed by atoms with Crippen LogP contribution in [-0.4, -0.2) is 44.3 Å². The van der Waals surface area contributed by atoms with Gasteiger partial charge in [0.1, 0.15) is 0 Å². The molecule has 1 rings (SSSR count). The normalized spacial score (nSPS) is 19.9. The Bertz CT molecular complexity index is 248. The Morgan fingerprint density at radius 1 is 1.16 bits per heavy atom. The summed E-state index contributed by atoms with van der Waals surface area (Å²) in [4.78, 5) is 1.44. The lowest BCUT2D eigenvalue weighted by Crippen LogP contribution is -2.46. The van der Waals surface area contributed by atoms with Crippen LogP contribution in [0.2, 0.25) is 0 Å². The highest BCUT2D eigenvalue weighted by atomic mass is 19.4. The summed E-state index contributed by atoms with van der Waals surface area (Å²) < 4.78 is 37.3. The molecule has 5 heteroatoms. The molecule has 0 bridgehead atoms. The minimum Gasteiger partial charge on any atom is -0.316 e. The summed E-state index contributed by atoms with van der Waals surface area (Å²) in [7, 11) is 1.59. The van der Waals surface area contributed by atoms with Crippen molar-refractivity contribution >= 4 is 0 Å². The van der Waals surface area contributed by atoms with Crippen molar-refractivity contribution in [2.45, 2.75) is 51.6 Å². The molecular weight excluding hydrogens is 253 g/mol. The van der Waals surface area contributed by atoms with Gasteiger partial charge in [0.2, 0.25) is 0 Å². The molecule has 114 valence electrons. The first kappa shape index (κ1) is 16.8. The van der Waals surface area contributed by atoms with Crippen molar-refractivity contribution in [3.8, 4) is 0 Å². The molecular formula is C14H27F3N2. The number of halogens is 3. The number of hydrogen-bond acceptors (Lipinski definition) is 2. The maximum atomic E-state index is 12.4. The fourth-order valence-corrected chi connectivity index (χ4v) is 3.16. The molecule has 0 radical (unpaired) electrons. The molecule has 1 aliphatic rings. The van der Waals surface area contributed by atoms with Crippen LogP contribution in [0.1, 0.15) is 45.4 Å². The highest BCUT2D eigenvalue weighted by molar-refractivity contribution is 4.87. The van der Waals surface area contributed by atoms with E-state index in [4.69, 9.17) is 0 Å². The third-order valence-electron chi connectivity index (χ3n) is 3.90. The van der Waals surface area contributed by atoms with Crippen molar-refractivity contribution in [3.05, 3.63) is 0 Å². The lowest BCUT2D eigenvalue weighted by atomic mass is 9.73. The molecule has 0 heterocycles. The minimum absolute atomic E-state index is 0.0351. The molecule has 0 aromatic carbocycles. The second-order valence-corrected chi connectivity index (χ2v) is 6.02. The fourth-order valence-electron chi connectivity index (χ4n) is 3.16. The van der Waals surface area contributed by atoms with E-state index in [0.717, 1.165) is 45.2 Å². The maximum Gasteiger partial charge on any atom is 0.401 e. The first-order valence-electron chi connectivity index (χ1n) is 7.33. The van der Waals surface area contributed by atoms with Gasteiger partial charge in [-0.2, -0.15) is 13.2 Å². The first-order chi connectivity index (χ1) is 8.87. The van der Waals surface area contributed by atoms with Crippen molar-refractivity contribution in [2.24, 2.45) is 5.41 Å². The van der Waals surface area contributed by atoms with Gasteiger partial charge in [-0.25, -0.2) is 0 Å². The zero-order valence-corrected chi connectivity index (χ0v) is 12.2. The zero-order valence-electron chi connectivity index (χ0n) is 12.2. The molecule has 0 amide bonds. The van der Waals surface area contributed by atoms with Gasteiger partial charge in [0, 0.05) is 13.1 Å². The third-order valence-corrected chi connectivity index (χ3v) is 3.90. The van der Waals surface area contributed by atoms with Gasteiger partial charge in [-0.3, -0.25) is 4.90 Å². The Morgan fingerprint density at radius 2 is 1.79 bits per heavy atom. The Hall–Kier alpha value is -0.290. The average Bonchev–Trinajstić information content (AvgIpc) is 2.27. The van der Waals surface area contributed by atoms with Crippen LogP contribution >= 0.6 is 0 Å². The Kier molecular flexibility index (Phi) is 6.60.